The summed E-state index contributed by atoms with van der Waals surface area (Å²) >= 11 is 6.17. The molecular formula is C13H18ClN3O2. The van der Waals surface area contributed by atoms with Crippen molar-refractivity contribution in [3.05, 3.63) is 22.7 Å². The molecule has 1 saturated heterocycles. The fraction of sp³-hybridized carbons (Fsp3) is 0.462. The van der Waals surface area contributed by atoms with Gasteiger partial charge in [-0.05, 0) is 31.9 Å². The predicted molar refractivity (Wildman–Crippen MR) is 76.5 cm³/mol. The number of anilines is 2. The summed E-state index contributed by atoms with van der Waals surface area (Å²) in [4.78, 5) is 11.5. The highest BCUT2D eigenvalue weighted by Gasteiger charge is 2.29. The zero-order valence-electron chi connectivity index (χ0n) is 10.8. The van der Waals surface area contributed by atoms with Gasteiger partial charge in [-0.1, -0.05) is 11.6 Å². The Morgan fingerprint density at radius 2 is 2.26 bits per heavy atom. The fourth-order valence-corrected chi connectivity index (χ4v) is 2.56. The lowest BCUT2D eigenvalue weighted by atomic mass is 9.94. The molecular weight excluding hydrogens is 266 g/mol. The van der Waals surface area contributed by atoms with E-state index in [-0.39, 0.29) is 5.54 Å². The van der Waals surface area contributed by atoms with Crippen LogP contribution < -0.4 is 16.8 Å². The molecule has 1 aromatic rings. The van der Waals surface area contributed by atoms with Crippen LogP contribution in [0.15, 0.2) is 12.1 Å². The molecule has 0 spiro atoms. The highest BCUT2D eigenvalue weighted by Crippen LogP contribution is 2.33. The summed E-state index contributed by atoms with van der Waals surface area (Å²) in [5.74, 6) is -0.558. The summed E-state index contributed by atoms with van der Waals surface area (Å²) in [6.45, 7) is 3.35. The second-order valence-electron chi connectivity index (χ2n) is 5.13. The van der Waals surface area contributed by atoms with Crippen molar-refractivity contribution in [2.24, 2.45) is 5.73 Å². The van der Waals surface area contributed by atoms with E-state index in [1.54, 1.807) is 6.07 Å². The minimum atomic E-state index is -0.558. The maximum atomic E-state index is 11.5. The van der Waals surface area contributed by atoms with E-state index in [1.165, 1.54) is 6.07 Å². The standard InChI is InChI=1S/C13H18ClN3O2/c1-13(3-2-4-19-7-13)17-11-9(12(16)18)5-8(15)6-10(11)14/h5-6,17H,2-4,7,15H2,1H3,(H2,16,18). The highest BCUT2D eigenvalue weighted by molar-refractivity contribution is 6.34. The van der Waals surface area contributed by atoms with Crippen molar-refractivity contribution in [3.63, 3.8) is 0 Å². The number of carbonyl (C=O) groups excluding carboxylic acids is 1. The number of ether oxygens (including phenoxy) is 1. The molecule has 6 heteroatoms. The number of hydrogen-bond donors (Lipinski definition) is 3. The molecule has 104 valence electrons. The zero-order valence-corrected chi connectivity index (χ0v) is 11.6. The Labute approximate surface area is 117 Å². The van der Waals surface area contributed by atoms with Gasteiger partial charge in [0.15, 0.2) is 0 Å². The molecule has 5 nitrogen and oxygen atoms in total. The third-order valence-electron chi connectivity index (χ3n) is 3.24. The van der Waals surface area contributed by atoms with Gasteiger partial charge in [-0.25, -0.2) is 0 Å². The quantitative estimate of drug-likeness (QED) is 0.740. The lowest BCUT2D eigenvalue weighted by Gasteiger charge is -2.36. The minimum Gasteiger partial charge on any atom is -0.399 e. The van der Waals surface area contributed by atoms with Crippen LogP contribution in [-0.2, 0) is 4.74 Å². The number of nitrogens with two attached hydrogens (primary N) is 2. The van der Waals surface area contributed by atoms with Gasteiger partial charge in [-0.2, -0.15) is 0 Å². The lowest BCUT2D eigenvalue weighted by molar-refractivity contribution is 0.0540. The molecule has 1 atom stereocenters. The van der Waals surface area contributed by atoms with Crippen LogP contribution in [0.1, 0.15) is 30.1 Å². The molecule has 2 rings (SSSR count). The first kappa shape index (κ1) is 14.0. The first-order valence-corrected chi connectivity index (χ1v) is 6.54. The first-order valence-electron chi connectivity index (χ1n) is 6.16. The molecule has 1 aromatic carbocycles. The van der Waals surface area contributed by atoms with Gasteiger partial charge in [0, 0.05) is 12.3 Å². The van der Waals surface area contributed by atoms with E-state index in [2.05, 4.69) is 5.32 Å². The van der Waals surface area contributed by atoms with E-state index in [0.29, 0.717) is 28.6 Å². The van der Waals surface area contributed by atoms with E-state index >= 15 is 0 Å². The number of amides is 1. The van der Waals surface area contributed by atoms with Gasteiger partial charge in [0.1, 0.15) is 0 Å². The second-order valence-corrected chi connectivity index (χ2v) is 5.54. The van der Waals surface area contributed by atoms with Crippen LogP contribution in [0.3, 0.4) is 0 Å². The van der Waals surface area contributed by atoms with E-state index < -0.39 is 5.91 Å². The van der Waals surface area contributed by atoms with Crippen molar-refractivity contribution in [3.8, 4) is 0 Å². The molecule has 1 heterocycles. The molecule has 19 heavy (non-hydrogen) atoms. The van der Waals surface area contributed by atoms with E-state index in [4.69, 9.17) is 27.8 Å². The summed E-state index contributed by atoms with van der Waals surface area (Å²) in [6.07, 6.45) is 1.90. The number of primary amides is 1. The van der Waals surface area contributed by atoms with Crippen molar-refractivity contribution < 1.29 is 9.53 Å². The third-order valence-corrected chi connectivity index (χ3v) is 3.54. The molecule has 0 aliphatic carbocycles. The summed E-state index contributed by atoms with van der Waals surface area (Å²) in [5.41, 5.74) is 12.0. The summed E-state index contributed by atoms with van der Waals surface area (Å²) in [6, 6.07) is 3.13. The van der Waals surface area contributed by atoms with Gasteiger partial charge in [0.05, 0.1) is 28.4 Å². The topological polar surface area (TPSA) is 90.4 Å². The zero-order chi connectivity index (χ0) is 14.0. The average Bonchev–Trinajstić information content (AvgIpc) is 2.33. The van der Waals surface area contributed by atoms with Crippen LogP contribution in [0.4, 0.5) is 11.4 Å². The molecule has 1 unspecified atom stereocenters. The van der Waals surface area contributed by atoms with E-state index in [0.717, 1.165) is 19.4 Å². The number of nitrogen functional groups attached to an aromatic ring is 1. The van der Waals surface area contributed by atoms with Crippen LogP contribution in [0.5, 0.6) is 0 Å². The molecule has 1 aliphatic heterocycles. The molecule has 1 aliphatic rings. The SMILES string of the molecule is CC1(Nc2c(Cl)cc(N)cc2C(N)=O)CCCOC1. The van der Waals surface area contributed by atoms with Crippen LogP contribution in [0.25, 0.3) is 0 Å². The fourth-order valence-electron chi connectivity index (χ4n) is 2.28. The Balaban J connectivity index is 2.35. The Hall–Kier alpha value is -1.46. The van der Waals surface area contributed by atoms with Crippen LogP contribution >= 0.6 is 11.6 Å². The van der Waals surface area contributed by atoms with Gasteiger partial charge >= 0.3 is 0 Å². The normalized spacial score (nSPS) is 23.1. The summed E-state index contributed by atoms with van der Waals surface area (Å²) in [5, 5.41) is 3.68. The minimum absolute atomic E-state index is 0.262. The van der Waals surface area contributed by atoms with Crippen LogP contribution in [0, 0.1) is 0 Å². The molecule has 1 amide bonds. The Kier molecular flexibility index (Phi) is 3.87. The third kappa shape index (κ3) is 3.11. The maximum Gasteiger partial charge on any atom is 0.250 e. The number of benzene rings is 1. The Bertz CT molecular complexity index is 499. The molecule has 0 saturated carbocycles. The smallest absolute Gasteiger partial charge is 0.250 e. The van der Waals surface area contributed by atoms with Gasteiger partial charge in [-0.3, -0.25) is 4.79 Å². The van der Waals surface area contributed by atoms with Crippen molar-refractivity contribution in [1.29, 1.82) is 0 Å². The van der Waals surface area contributed by atoms with Crippen LogP contribution in [0.2, 0.25) is 5.02 Å². The molecule has 5 N–H and O–H groups in total. The first-order chi connectivity index (χ1) is 8.91. The number of halogens is 1. The summed E-state index contributed by atoms with van der Waals surface area (Å²) < 4.78 is 5.47. The highest BCUT2D eigenvalue weighted by atomic mass is 35.5. The second kappa shape index (κ2) is 5.27. The largest absolute Gasteiger partial charge is 0.399 e. The van der Waals surface area contributed by atoms with E-state index in [9.17, 15) is 4.79 Å². The van der Waals surface area contributed by atoms with Crippen molar-refractivity contribution >= 4 is 28.9 Å². The lowest BCUT2D eigenvalue weighted by Crippen LogP contribution is -2.43. The number of nitrogens with one attached hydrogen (secondary N) is 1. The van der Waals surface area contributed by atoms with E-state index in [1.807, 2.05) is 6.92 Å². The van der Waals surface area contributed by atoms with Gasteiger partial charge < -0.3 is 21.5 Å². The van der Waals surface area contributed by atoms with Gasteiger partial charge in [-0.15, -0.1) is 0 Å². The number of carbonyl (C=O) groups is 1. The van der Waals surface area contributed by atoms with Gasteiger partial charge in [0.2, 0.25) is 0 Å². The van der Waals surface area contributed by atoms with Gasteiger partial charge in [0.25, 0.3) is 5.91 Å². The average molecular weight is 284 g/mol. The van der Waals surface area contributed by atoms with Crippen LogP contribution in [-0.4, -0.2) is 24.7 Å². The van der Waals surface area contributed by atoms with Crippen molar-refractivity contribution in [1.82, 2.24) is 0 Å². The molecule has 0 aromatic heterocycles. The molecule has 1 fully saturated rings. The van der Waals surface area contributed by atoms with Crippen molar-refractivity contribution in [2.45, 2.75) is 25.3 Å². The Morgan fingerprint density at radius 1 is 1.53 bits per heavy atom. The molecule has 0 radical (unpaired) electrons. The summed E-state index contributed by atoms with van der Waals surface area (Å²) in [7, 11) is 0. The Morgan fingerprint density at radius 3 is 2.84 bits per heavy atom. The maximum absolute atomic E-state index is 11.5. The predicted octanol–water partition coefficient (Wildman–Crippen LogP) is 2.00. The number of hydrogen-bond acceptors (Lipinski definition) is 4. The number of rotatable bonds is 3. The monoisotopic (exact) mass is 283 g/mol. The molecule has 0 bridgehead atoms. The van der Waals surface area contributed by atoms with Crippen molar-refractivity contribution in [2.75, 3.05) is 24.3 Å².